The summed E-state index contributed by atoms with van der Waals surface area (Å²) in [6, 6.07) is 17.1. The van der Waals surface area contributed by atoms with Gasteiger partial charge in [-0.05, 0) is 30.2 Å². The van der Waals surface area contributed by atoms with Crippen LogP contribution in [0.3, 0.4) is 0 Å². The number of hydrogen-bond acceptors (Lipinski definition) is 3. The van der Waals surface area contributed by atoms with E-state index in [1.807, 2.05) is 64.9 Å². The van der Waals surface area contributed by atoms with Gasteiger partial charge in [-0.1, -0.05) is 36.4 Å². The number of aromatic nitrogens is 1. The van der Waals surface area contributed by atoms with Gasteiger partial charge in [-0.15, -0.1) is 0 Å². The van der Waals surface area contributed by atoms with Gasteiger partial charge in [0.1, 0.15) is 6.54 Å². The second-order valence-corrected chi connectivity index (χ2v) is 6.86. The van der Waals surface area contributed by atoms with Crippen molar-refractivity contribution < 1.29 is 9.53 Å². The van der Waals surface area contributed by atoms with Gasteiger partial charge in [-0.2, -0.15) is 0 Å². The van der Waals surface area contributed by atoms with Crippen molar-refractivity contribution in [3.05, 3.63) is 70.4 Å². The average molecular weight is 362 g/mol. The third kappa shape index (κ3) is 3.51. The summed E-state index contributed by atoms with van der Waals surface area (Å²) < 4.78 is 7.32. The largest absolute Gasteiger partial charge is 0.378 e. The predicted molar refractivity (Wildman–Crippen MR) is 106 cm³/mol. The number of carbonyl (C=O) groups is 1. The molecule has 0 radical (unpaired) electrons. The van der Waals surface area contributed by atoms with Crippen LogP contribution >= 0.6 is 0 Å². The number of carbonyl (C=O) groups excluding carboxylic acids is 1. The molecule has 1 saturated heterocycles. The standard InChI is InChI=1S/C22H22N2O3/c1-16-7-8-18-20(13-16)24(15-22(26)23-9-11-27-12-10-23)19(14-21(18)25)17-5-3-2-4-6-17/h2-8,13-14H,9-12,15H2,1H3. The van der Waals surface area contributed by atoms with E-state index in [1.54, 1.807) is 6.07 Å². The number of hydrogen-bond donors (Lipinski definition) is 0. The van der Waals surface area contributed by atoms with Gasteiger partial charge in [-0.25, -0.2) is 0 Å². The van der Waals surface area contributed by atoms with E-state index in [0.29, 0.717) is 31.7 Å². The Bertz CT molecular complexity index is 1030. The fourth-order valence-electron chi connectivity index (χ4n) is 3.55. The molecule has 5 nitrogen and oxygen atoms in total. The molecule has 0 atom stereocenters. The van der Waals surface area contributed by atoms with Gasteiger partial charge in [0.2, 0.25) is 5.91 Å². The van der Waals surface area contributed by atoms with Crippen LogP contribution < -0.4 is 5.43 Å². The van der Waals surface area contributed by atoms with E-state index in [2.05, 4.69) is 0 Å². The second-order valence-electron chi connectivity index (χ2n) is 6.86. The van der Waals surface area contributed by atoms with Crippen LogP contribution in [0, 0.1) is 6.92 Å². The summed E-state index contributed by atoms with van der Waals surface area (Å²) in [5.74, 6) is 0.0435. The molecule has 0 aliphatic carbocycles. The lowest BCUT2D eigenvalue weighted by molar-refractivity contribution is -0.135. The molecule has 5 heteroatoms. The molecule has 0 unspecified atom stereocenters. The van der Waals surface area contributed by atoms with E-state index in [9.17, 15) is 9.59 Å². The lowest BCUT2D eigenvalue weighted by Crippen LogP contribution is -2.42. The Morgan fingerprint density at radius 2 is 1.78 bits per heavy atom. The van der Waals surface area contributed by atoms with Gasteiger partial charge in [0, 0.05) is 24.5 Å². The second kappa shape index (κ2) is 7.37. The highest BCUT2D eigenvalue weighted by atomic mass is 16.5. The highest BCUT2D eigenvalue weighted by Crippen LogP contribution is 2.24. The number of pyridine rings is 1. The van der Waals surface area contributed by atoms with Crippen LogP contribution in [0.25, 0.3) is 22.2 Å². The molecule has 1 amide bonds. The molecule has 1 aliphatic heterocycles. The summed E-state index contributed by atoms with van der Waals surface area (Å²) in [5, 5.41) is 0.634. The molecule has 0 spiro atoms. The number of benzene rings is 2. The summed E-state index contributed by atoms with van der Waals surface area (Å²) in [6.45, 7) is 4.55. The van der Waals surface area contributed by atoms with E-state index in [1.165, 1.54) is 0 Å². The zero-order valence-electron chi connectivity index (χ0n) is 15.4. The lowest BCUT2D eigenvalue weighted by Gasteiger charge is -2.28. The highest BCUT2D eigenvalue weighted by Gasteiger charge is 2.20. The SMILES string of the molecule is Cc1ccc2c(=O)cc(-c3ccccc3)n(CC(=O)N3CCOCC3)c2c1. The summed E-state index contributed by atoms with van der Waals surface area (Å²) >= 11 is 0. The number of aryl methyl sites for hydroxylation is 1. The average Bonchev–Trinajstić information content (AvgIpc) is 2.71. The van der Waals surface area contributed by atoms with Crippen molar-refractivity contribution in [1.82, 2.24) is 9.47 Å². The van der Waals surface area contributed by atoms with Gasteiger partial charge in [0.25, 0.3) is 0 Å². The smallest absolute Gasteiger partial charge is 0.242 e. The number of morpholine rings is 1. The van der Waals surface area contributed by atoms with E-state index < -0.39 is 0 Å². The van der Waals surface area contributed by atoms with Crippen LogP contribution in [0.2, 0.25) is 0 Å². The van der Waals surface area contributed by atoms with Gasteiger partial charge < -0.3 is 14.2 Å². The van der Waals surface area contributed by atoms with Crippen molar-refractivity contribution in [1.29, 1.82) is 0 Å². The Balaban J connectivity index is 1.87. The van der Waals surface area contributed by atoms with Gasteiger partial charge in [0.05, 0.1) is 24.4 Å². The maximum absolute atomic E-state index is 12.9. The molecule has 3 aromatic rings. The lowest BCUT2D eigenvalue weighted by atomic mass is 10.1. The molecule has 2 heterocycles. The van der Waals surface area contributed by atoms with Gasteiger partial charge in [0.15, 0.2) is 5.43 Å². The monoisotopic (exact) mass is 362 g/mol. The van der Waals surface area contributed by atoms with E-state index in [0.717, 1.165) is 22.3 Å². The van der Waals surface area contributed by atoms with Crippen molar-refractivity contribution in [2.45, 2.75) is 13.5 Å². The van der Waals surface area contributed by atoms with E-state index >= 15 is 0 Å². The first-order valence-corrected chi connectivity index (χ1v) is 9.18. The van der Waals surface area contributed by atoms with Crippen molar-refractivity contribution in [3.63, 3.8) is 0 Å². The van der Waals surface area contributed by atoms with Crippen molar-refractivity contribution in [2.24, 2.45) is 0 Å². The Hall–Kier alpha value is -2.92. The number of amides is 1. The molecule has 27 heavy (non-hydrogen) atoms. The summed E-state index contributed by atoms with van der Waals surface area (Å²) in [4.78, 5) is 27.5. The minimum atomic E-state index is -0.0288. The minimum Gasteiger partial charge on any atom is -0.378 e. The normalized spacial score (nSPS) is 14.5. The highest BCUT2D eigenvalue weighted by molar-refractivity contribution is 5.86. The molecule has 1 aromatic heterocycles. The Labute approximate surface area is 157 Å². The Morgan fingerprint density at radius 1 is 1.04 bits per heavy atom. The van der Waals surface area contributed by atoms with Crippen LogP contribution in [0.15, 0.2) is 59.4 Å². The quantitative estimate of drug-likeness (QED) is 0.720. The molecule has 0 saturated carbocycles. The van der Waals surface area contributed by atoms with Crippen LogP contribution in [0.4, 0.5) is 0 Å². The van der Waals surface area contributed by atoms with Crippen LogP contribution in [-0.2, 0) is 16.1 Å². The van der Waals surface area contributed by atoms with E-state index in [-0.39, 0.29) is 17.9 Å². The number of ether oxygens (including phenoxy) is 1. The third-order valence-electron chi connectivity index (χ3n) is 4.99. The Morgan fingerprint density at radius 3 is 2.52 bits per heavy atom. The Kier molecular flexibility index (Phi) is 4.77. The maximum atomic E-state index is 12.9. The van der Waals surface area contributed by atoms with Gasteiger partial charge >= 0.3 is 0 Å². The van der Waals surface area contributed by atoms with Crippen molar-refractivity contribution >= 4 is 16.8 Å². The summed E-state index contributed by atoms with van der Waals surface area (Å²) in [7, 11) is 0. The fraction of sp³-hybridized carbons (Fsp3) is 0.273. The van der Waals surface area contributed by atoms with E-state index in [4.69, 9.17) is 4.74 Å². The number of nitrogens with zero attached hydrogens (tertiary/aromatic N) is 2. The first-order chi connectivity index (χ1) is 13.1. The number of rotatable bonds is 3. The van der Waals surface area contributed by atoms with Crippen LogP contribution in [0.5, 0.6) is 0 Å². The molecule has 4 rings (SSSR count). The molecular formula is C22H22N2O3. The van der Waals surface area contributed by atoms with Crippen LogP contribution in [0.1, 0.15) is 5.56 Å². The molecule has 0 N–H and O–H groups in total. The zero-order chi connectivity index (χ0) is 18.8. The zero-order valence-corrected chi connectivity index (χ0v) is 15.4. The summed E-state index contributed by atoms with van der Waals surface area (Å²) in [6.07, 6.45) is 0. The number of fused-ring (bicyclic) bond motifs is 1. The first-order valence-electron chi connectivity index (χ1n) is 9.18. The summed E-state index contributed by atoms with van der Waals surface area (Å²) in [5.41, 5.74) is 3.51. The van der Waals surface area contributed by atoms with Crippen LogP contribution in [-0.4, -0.2) is 41.7 Å². The molecule has 2 aromatic carbocycles. The first kappa shape index (κ1) is 17.5. The fourth-order valence-corrected chi connectivity index (χ4v) is 3.55. The minimum absolute atomic E-state index is 0.0288. The van der Waals surface area contributed by atoms with Crippen molar-refractivity contribution in [3.8, 4) is 11.3 Å². The van der Waals surface area contributed by atoms with Gasteiger partial charge in [-0.3, -0.25) is 9.59 Å². The molecule has 0 bridgehead atoms. The maximum Gasteiger partial charge on any atom is 0.242 e. The predicted octanol–water partition coefficient (Wildman–Crippen LogP) is 2.84. The topological polar surface area (TPSA) is 51.5 Å². The molecule has 1 fully saturated rings. The molecule has 1 aliphatic rings. The molecule has 138 valence electrons. The third-order valence-corrected chi connectivity index (χ3v) is 4.99. The van der Waals surface area contributed by atoms with Crippen molar-refractivity contribution in [2.75, 3.05) is 26.3 Å². The molecular weight excluding hydrogens is 340 g/mol.